The molecule has 12 rings (SSSR count). The molecule has 4 aromatic heterocycles. The second-order valence-corrected chi connectivity index (χ2v) is 15.4. The molecule has 0 unspecified atom stereocenters. The lowest BCUT2D eigenvalue weighted by atomic mass is 9.97. The molecule has 0 fully saturated rings. The average Bonchev–Trinajstić information content (AvgIpc) is 3.96. The molecule has 266 valence electrons. The zero-order chi connectivity index (χ0) is 37.5. The van der Waals surface area contributed by atoms with Gasteiger partial charge in [-0.15, -0.1) is 11.3 Å². The molecule has 4 heterocycles. The van der Waals surface area contributed by atoms with Crippen LogP contribution >= 0.6 is 11.3 Å². The Kier molecular flexibility index (Phi) is 7.03. The van der Waals surface area contributed by atoms with Crippen molar-refractivity contribution < 1.29 is 4.42 Å². The maximum atomic E-state index is 6.44. The van der Waals surface area contributed by atoms with Crippen molar-refractivity contribution in [3.05, 3.63) is 182 Å². The molecule has 0 amide bonds. The molecule has 57 heavy (non-hydrogen) atoms. The molecule has 0 atom stereocenters. The van der Waals surface area contributed by atoms with Gasteiger partial charge < -0.3 is 8.98 Å². The van der Waals surface area contributed by atoms with Crippen LogP contribution in [-0.2, 0) is 0 Å². The van der Waals surface area contributed by atoms with Gasteiger partial charge in [-0.2, -0.15) is 0 Å². The molecule has 8 aromatic carbocycles. The van der Waals surface area contributed by atoms with Crippen LogP contribution < -0.4 is 0 Å². The van der Waals surface area contributed by atoms with E-state index in [4.69, 9.17) is 19.4 Å². The fourth-order valence-electron chi connectivity index (χ4n) is 8.54. The van der Waals surface area contributed by atoms with Crippen LogP contribution in [0.3, 0.4) is 0 Å². The number of thiophene rings is 1. The summed E-state index contributed by atoms with van der Waals surface area (Å²) in [7, 11) is 0. The molecule has 0 bridgehead atoms. The Morgan fingerprint density at radius 2 is 1.07 bits per heavy atom. The molecular weight excluding hydrogens is 717 g/mol. The van der Waals surface area contributed by atoms with Crippen molar-refractivity contribution >= 4 is 75.3 Å². The maximum absolute atomic E-state index is 6.44. The van der Waals surface area contributed by atoms with Gasteiger partial charge >= 0.3 is 0 Å². The van der Waals surface area contributed by atoms with E-state index in [1.165, 1.54) is 53.1 Å². The van der Waals surface area contributed by atoms with Gasteiger partial charge in [-0.1, -0.05) is 140 Å². The Labute approximate surface area is 330 Å². The summed E-state index contributed by atoms with van der Waals surface area (Å²) >= 11 is 1.80. The van der Waals surface area contributed by atoms with E-state index in [1.807, 2.05) is 60.7 Å². The molecule has 0 aliphatic carbocycles. The van der Waals surface area contributed by atoms with E-state index in [0.29, 0.717) is 17.5 Å². The Balaban J connectivity index is 1.06. The lowest BCUT2D eigenvalue weighted by Crippen LogP contribution is -2.00. The standard InChI is InChI=1S/C51H30N4OS/c1-3-14-31(15-4-1)49-52-50(54-51(53-49)41-24-12-23-39-35-19-8-10-26-43(35)56-48(39)41)32-28-29-40-45(30-32)57-44-27-13-20-36(46(40)44)38-22-11-21-37-34-18-7-9-25-42(34)55(47(37)38)33-16-5-2-6-17-33/h1-30H. The van der Waals surface area contributed by atoms with E-state index in [2.05, 4.69) is 126 Å². The quantitative estimate of drug-likeness (QED) is 0.176. The minimum absolute atomic E-state index is 0.573. The van der Waals surface area contributed by atoms with Crippen LogP contribution in [0, 0.1) is 0 Å². The smallest absolute Gasteiger partial charge is 0.167 e. The number of aromatic nitrogens is 4. The summed E-state index contributed by atoms with van der Waals surface area (Å²) in [5, 5.41) is 7.04. The Bertz CT molecular complexity index is 3530. The highest BCUT2D eigenvalue weighted by atomic mass is 32.1. The molecule has 0 aliphatic rings. The monoisotopic (exact) mass is 746 g/mol. The van der Waals surface area contributed by atoms with Crippen LogP contribution in [0.25, 0.3) is 115 Å². The van der Waals surface area contributed by atoms with Gasteiger partial charge in [0, 0.05) is 64.1 Å². The lowest BCUT2D eigenvalue weighted by Gasteiger charge is -2.13. The molecular formula is C51H30N4OS. The van der Waals surface area contributed by atoms with E-state index < -0.39 is 0 Å². The van der Waals surface area contributed by atoms with Crippen molar-refractivity contribution in [2.45, 2.75) is 0 Å². The SMILES string of the molecule is c1ccc(-c2nc(-c3ccc4c(c3)sc3cccc(-c5cccc6c7ccccc7n(-c7ccccc7)c56)c34)nc(-c3cccc4c3oc3ccccc34)n2)cc1. The zero-order valence-electron chi connectivity index (χ0n) is 30.4. The number of benzene rings is 8. The van der Waals surface area contributed by atoms with Crippen molar-refractivity contribution in [3.8, 4) is 51.0 Å². The summed E-state index contributed by atoms with van der Waals surface area (Å²) in [6.45, 7) is 0. The van der Waals surface area contributed by atoms with Crippen molar-refractivity contribution in [1.29, 1.82) is 0 Å². The van der Waals surface area contributed by atoms with Crippen molar-refractivity contribution in [2.24, 2.45) is 0 Å². The van der Waals surface area contributed by atoms with E-state index in [9.17, 15) is 0 Å². The predicted octanol–water partition coefficient (Wildman–Crippen LogP) is 13.9. The molecule has 5 nitrogen and oxygen atoms in total. The van der Waals surface area contributed by atoms with Gasteiger partial charge in [0.05, 0.1) is 16.6 Å². The number of hydrogen-bond acceptors (Lipinski definition) is 5. The molecule has 12 aromatic rings. The van der Waals surface area contributed by atoms with Crippen molar-refractivity contribution in [3.63, 3.8) is 0 Å². The normalized spacial score (nSPS) is 11.9. The number of fused-ring (bicyclic) bond motifs is 9. The third-order valence-corrected chi connectivity index (χ3v) is 12.2. The van der Waals surface area contributed by atoms with Gasteiger partial charge in [0.25, 0.3) is 0 Å². The summed E-state index contributed by atoms with van der Waals surface area (Å²) in [5.41, 5.74) is 10.3. The van der Waals surface area contributed by atoms with Gasteiger partial charge in [-0.05, 0) is 48.0 Å². The summed E-state index contributed by atoms with van der Waals surface area (Å²) in [4.78, 5) is 15.3. The minimum Gasteiger partial charge on any atom is -0.455 e. The first-order valence-corrected chi connectivity index (χ1v) is 19.8. The first-order valence-electron chi connectivity index (χ1n) is 19.0. The molecule has 0 aliphatic heterocycles. The van der Waals surface area contributed by atoms with E-state index in [-0.39, 0.29) is 0 Å². The number of para-hydroxylation sites is 5. The topological polar surface area (TPSA) is 56.7 Å². The molecule has 0 saturated carbocycles. The number of rotatable bonds is 5. The van der Waals surface area contributed by atoms with Crippen LogP contribution in [0.4, 0.5) is 0 Å². The fourth-order valence-corrected chi connectivity index (χ4v) is 9.71. The second-order valence-electron chi connectivity index (χ2n) is 14.3. The Morgan fingerprint density at radius 3 is 1.93 bits per heavy atom. The molecule has 0 spiro atoms. The Morgan fingerprint density at radius 1 is 0.421 bits per heavy atom. The second kappa shape index (κ2) is 12.6. The highest BCUT2D eigenvalue weighted by Gasteiger charge is 2.21. The third kappa shape index (κ3) is 4.98. The van der Waals surface area contributed by atoms with E-state index in [0.717, 1.165) is 44.3 Å². The largest absolute Gasteiger partial charge is 0.455 e. The van der Waals surface area contributed by atoms with E-state index >= 15 is 0 Å². The number of furan rings is 1. The van der Waals surface area contributed by atoms with Crippen LogP contribution in [0.2, 0.25) is 0 Å². The van der Waals surface area contributed by atoms with Crippen LogP contribution in [0.5, 0.6) is 0 Å². The summed E-state index contributed by atoms with van der Waals surface area (Å²) in [5.74, 6) is 1.80. The van der Waals surface area contributed by atoms with Crippen LogP contribution in [-0.4, -0.2) is 19.5 Å². The predicted molar refractivity (Wildman–Crippen MR) is 236 cm³/mol. The van der Waals surface area contributed by atoms with Crippen molar-refractivity contribution in [1.82, 2.24) is 19.5 Å². The van der Waals surface area contributed by atoms with Gasteiger partial charge in [0.1, 0.15) is 11.2 Å². The van der Waals surface area contributed by atoms with Crippen molar-refractivity contribution in [2.75, 3.05) is 0 Å². The molecule has 0 radical (unpaired) electrons. The van der Waals surface area contributed by atoms with E-state index in [1.54, 1.807) is 11.3 Å². The van der Waals surface area contributed by atoms with Gasteiger partial charge in [0.2, 0.25) is 0 Å². The van der Waals surface area contributed by atoms with Gasteiger partial charge in [-0.25, -0.2) is 15.0 Å². The average molecular weight is 747 g/mol. The van der Waals surface area contributed by atoms with Crippen LogP contribution in [0.1, 0.15) is 0 Å². The molecule has 0 saturated heterocycles. The zero-order valence-corrected chi connectivity index (χ0v) is 31.2. The van der Waals surface area contributed by atoms with Gasteiger partial charge in [-0.3, -0.25) is 0 Å². The highest BCUT2D eigenvalue weighted by Crippen LogP contribution is 2.45. The fraction of sp³-hybridized carbons (Fsp3) is 0. The summed E-state index contributed by atoms with van der Waals surface area (Å²) in [6.07, 6.45) is 0. The molecule has 0 N–H and O–H groups in total. The minimum atomic E-state index is 0.573. The first-order chi connectivity index (χ1) is 28.3. The number of nitrogens with zero attached hydrogens (tertiary/aromatic N) is 4. The lowest BCUT2D eigenvalue weighted by molar-refractivity contribution is 0.669. The highest BCUT2D eigenvalue weighted by molar-refractivity contribution is 7.26. The molecule has 6 heteroatoms. The maximum Gasteiger partial charge on any atom is 0.167 e. The first kappa shape index (κ1) is 31.9. The third-order valence-electron chi connectivity index (χ3n) is 11.1. The Hall–Kier alpha value is -7.41. The number of hydrogen-bond donors (Lipinski definition) is 0. The summed E-state index contributed by atoms with van der Waals surface area (Å²) in [6, 6.07) is 63.9. The summed E-state index contributed by atoms with van der Waals surface area (Å²) < 4.78 is 11.3. The van der Waals surface area contributed by atoms with Crippen LogP contribution in [0.15, 0.2) is 186 Å². The van der Waals surface area contributed by atoms with Gasteiger partial charge in [0.15, 0.2) is 17.5 Å².